The second-order valence-corrected chi connectivity index (χ2v) is 9.26. The third-order valence-electron chi connectivity index (χ3n) is 5.19. The first kappa shape index (κ1) is 22.9. The van der Waals surface area contributed by atoms with E-state index in [0.717, 1.165) is 16.2 Å². The summed E-state index contributed by atoms with van der Waals surface area (Å²) < 4.78 is 0. The van der Waals surface area contributed by atoms with Gasteiger partial charge in [0.1, 0.15) is 5.82 Å². The molecule has 170 valence electrons. The Balaban J connectivity index is 1.61. The number of rotatable bonds is 5. The van der Waals surface area contributed by atoms with E-state index in [1.807, 2.05) is 0 Å². The van der Waals surface area contributed by atoms with Gasteiger partial charge in [-0.05, 0) is 47.5 Å². The highest BCUT2D eigenvalue weighted by molar-refractivity contribution is 7.19. The highest BCUT2D eigenvalue weighted by Gasteiger charge is 2.26. The van der Waals surface area contributed by atoms with Gasteiger partial charge in [0.2, 0.25) is 5.69 Å². The van der Waals surface area contributed by atoms with Gasteiger partial charge in [-0.3, -0.25) is 9.78 Å². The largest absolute Gasteiger partial charge is 0.306 e. The average Bonchev–Trinajstić information content (AvgIpc) is 3.53. The van der Waals surface area contributed by atoms with Gasteiger partial charge >= 0.3 is 0 Å². The molecule has 5 rings (SSSR count). The molecular weight excluding hydrogens is 503 g/mol. The van der Waals surface area contributed by atoms with Crippen molar-refractivity contribution in [2.45, 2.75) is 6.42 Å². The summed E-state index contributed by atoms with van der Waals surface area (Å²) in [6.45, 7) is 8.00. The Morgan fingerprint density at radius 1 is 1.11 bits per heavy atom. The van der Waals surface area contributed by atoms with Gasteiger partial charge in [-0.1, -0.05) is 29.3 Å². The number of halogens is 2. The predicted molar refractivity (Wildman–Crippen MR) is 141 cm³/mol. The molecule has 0 aliphatic carbocycles. The Hall–Kier alpha value is -3.90. The van der Waals surface area contributed by atoms with Crippen molar-refractivity contribution in [2.75, 3.05) is 5.32 Å². The molecule has 1 aliphatic heterocycles. The summed E-state index contributed by atoms with van der Waals surface area (Å²) in [5, 5.41) is 12.0. The Kier molecular flexibility index (Phi) is 6.38. The van der Waals surface area contributed by atoms with Crippen molar-refractivity contribution in [1.82, 2.24) is 9.97 Å². The number of carbonyl (C=O) groups excluding carboxylic acids is 1. The molecule has 0 saturated carbocycles. The van der Waals surface area contributed by atoms with Crippen LogP contribution in [0.2, 0.25) is 10.0 Å². The van der Waals surface area contributed by atoms with Gasteiger partial charge in [0.25, 0.3) is 5.91 Å². The van der Waals surface area contributed by atoms with Crippen LogP contribution in [0.3, 0.4) is 0 Å². The SMILES string of the molecule is [C-]#[N+]c1c(-c2ccnc(NC(=O)c3cccnc3)c2)sc(C2=NN=CC2)c1-c1ccc(Cl)cc1Cl. The number of amides is 1. The van der Waals surface area contributed by atoms with Crippen molar-refractivity contribution in [3.63, 3.8) is 0 Å². The van der Waals surface area contributed by atoms with Crippen molar-refractivity contribution in [3.8, 4) is 21.6 Å². The van der Waals surface area contributed by atoms with Gasteiger partial charge in [0.05, 0.1) is 17.8 Å². The predicted octanol–water partition coefficient (Wildman–Crippen LogP) is 7.16. The molecule has 3 aromatic heterocycles. The van der Waals surface area contributed by atoms with Gasteiger partial charge < -0.3 is 5.32 Å². The Morgan fingerprint density at radius 3 is 2.71 bits per heavy atom. The molecule has 35 heavy (non-hydrogen) atoms. The van der Waals surface area contributed by atoms with Crippen LogP contribution in [0.4, 0.5) is 11.5 Å². The highest BCUT2D eigenvalue weighted by Crippen LogP contribution is 2.50. The van der Waals surface area contributed by atoms with Crippen LogP contribution in [-0.2, 0) is 0 Å². The fourth-order valence-corrected chi connectivity index (χ4v) is 5.36. The van der Waals surface area contributed by atoms with E-state index in [1.165, 1.54) is 17.5 Å². The number of hydrogen-bond acceptors (Lipinski definition) is 6. The monoisotopic (exact) mass is 516 g/mol. The molecule has 1 N–H and O–H groups in total. The summed E-state index contributed by atoms with van der Waals surface area (Å²) in [6, 6.07) is 12.1. The second kappa shape index (κ2) is 9.76. The number of thiophene rings is 1. The van der Waals surface area contributed by atoms with Gasteiger partial charge in [-0.2, -0.15) is 10.2 Å². The fraction of sp³-hybridized carbons (Fsp3) is 0.0400. The second-order valence-electron chi connectivity index (χ2n) is 7.39. The zero-order valence-corrected chi connectivity index (χ0v) is 20.2. The Morgan fingerprint density at radius 2 is 2.00 bits per heavy atom. The third kappa shape index (κ3) is 4.57. The molecule has 1 aliphatic rings. The maximum absolute atomic E-state index is 12.6. The standard InChI is InChI=1S/C25H14Cl2N6OS/c1-28-22-21(17-5-4-16(26)12-18(17)27)24(19-7-10-31-33-19)35-23(22)14-6-9-30-20(11-14)32-25(34)15-3-2-8-29-13-15/h2-6,8-13H,7H2,(H,30,32,34). The van der Waals surface area contributed by atoms with Crippen LogP contribution >= 0.6 is 34.5 Å². The lowest BCUT2D eigenvalue weighted by molar-refractivity contribution is 0.102. The molecule has 0 spiro atoms. The summed E-state index contributed by atoms with van der Waals surface area (Å²) in [6.07, 6.45) is 6.94. The molecule has 0 fully saturated rings. The molecule has 1 aromatic carbocycles. The van der Waals surface area contributed by atoms with Crippen LogP contribution < -0.4 is 5.32 Å². The molecule has 10 heteroatoms. The summed E-state index contributed by atoms with van der Waals surface area (Å²) in [4.78, 5) is 26.2. The first-order valence-electron chi connectivity index (χ1n) is 10.3. The summed E-state index contributed by atoms with van der Waals surface area (Å²) in [5.74, 6) is 0.0287. The van der Waals surface area contributed by atoms with Crippen LogP contribution in [0.1, 0.15) is 21.7 Å². The molecular formula is C25H14Cl2N6OS. The minimum absolute atomic E-state index is 0.328. The van der Waals surface area contributed by atoms with Crippen LogP contribution in [0, 0.1) is 6.57 Å². The minimum atomic E-state index is -0.328. The average molecular weight is 517 g/mol. The number of nitrogens with one attached hydrogen (secondary N) is 1. The highest BCUT2D eigenvalue weighted by atomic mass is 35.5. The number of carbonyl (C=O) groups is 1. The van der Waals surface area contributed by atoms with Crippen molar-refractivity contribution >= 4 is 63.9 Å². The van der Waals surface area contributed by atoms with Crippen molar-refractivity contribution in [3.05, 3.63) is 93.0 Å². The van der Waals surface area contributed by atoms with E-state index in [1.54, 1.807) is 61.1 Å². The summed E-state index contributed by atoms with van der Waals surface area (Å²) in [7, 11) is 0. The van der Waals surface area contributed by atoms with E-state index in [0.29, 0.717) is 49.5 Å². The lowest BCUT2D eigenvalue weighted by Crippen LogP contribution is -2.12. The minimum Gasteiger partial charge on any atom is -0.306 e. The summed E-state index contributed by atoms with van der Waals surface area (Å²) in [5.41, 5.74) is 3.70. The van der Waals surface area contributed by atoms with E-state index < -0.39 is 0 Å². The smallest absolute Gasteiger partial charge is 0.258 e. The molecule has 0 unspecified atom stereocenters. The topological polar surface area (TPSA) is 84.0 Å². The van der Waals surface area contributed by atoms with E-state index in [2.05, 4.69) is 30.3 Å². The summed E-state index contributed by atoms with van der Waals surface area (Å²) >= 11 is 14.1. The van der Waals surface area contributed by atoms with Crippen LogP contribution in [0.15, 0.2) is 71.3 Å². The molecule has 0 saturated heterocycles. The fourth-order valence-electron chi connectivity index (χ4n) is 3.61. The van der Waals surface area contributed by atoms with Crippen molar-refractivity contribution < 1.29 is 4.79 Å². The molecule has 0 bridgehead atoms. The third-order valence-corrected chi connectivity index (χ3v) is 7.01. The molecule has 1 amide bonds. The van der Waals surface area contributed by atoms with Crippen molar-refractivity contribution in [1.29, 1.82) is 0 Å². The van der Waals surface area contributed by atoms with Gasteiger partial charge in [-0.15, -0.1) is 11.3 Å². The molecule has 4 aromatic rings. The zero-order valence-electron chi connectivity index (χ0n) is 17.9. The number of nitrogens with zero attached hydrogens (tertiary/aromatic N) is 5. The molecule has 0 atom stereocenters. The van der Waals surface area contributed by atoms with Gasteiger partial charge in [0, 0.05) is 56.6 Å². The van der Waals surface area contributed by atoms with Crippen LogP contribution in [0.25, 0.3) is 26.4 Å². The molecule has 0 radical (unpaired) electrons. The quantitative estimate of drug-likeness (QED) is 0.285. The zero-order chi connectivity index (χ0) is 24.4. The van der Waals surface area contributed by atoms with E-state index >= 15 is 0 Å². The van der Waals surface area contributed by atoms with E-state index in [9.17, 15) is 4.79 Å². The maximum Gasteiger partial charge on any atom is 0.258 e. The first-order chi connectivity index (χ1) is 17.0. The lowest BCUT2D eigenvalue weighted by atomic mass is 10.00. The number of benzene rings is 1. The molecule has 4 heterocycles. The number of aromatic nitrogens is 2. The number of anilines is 1. The van der Waals surface area contributed by atoms with Gasteiger partial charge in [0.15, 0.2) is 0 Å². The lowest BCUT2D eigenvalue weighted by Gasteiger charge is -2.08. The van der Waals surface area contributed by atoms with E-state index in [-0.39, 0.29) is 5.91 Å². The van der Waals surface area contributed by atoms with Crippen molar-refractivity contribution in [2.24, 2.45) is 10.2 Å². The first-order valence-corrected chi connectivity index (χ1v) is 11.9. The maximum atomic E-state index is 12.6. The Bertz CT molecular complexity index is 1560. The van der Waals surface area contributed by atoms with Gasteiger partial charge in [-0.25, -0.2) is 9.83 Å². The number of pyridine rings is 2. The number of hydrogen-bond donors (Lipinski definition) is 1. The van der Waals surface area contributed by atoms with Crippen LogP contribution in [0.5, 0.6) is 0 Å². The van der Waals surface area contributed by atoms with Crippen LogP contribution in [-0.4, -0.2) is 27.8 Å². The normalized spacial score (nSPS) is 12.3. The Labute approximate surface area is 214 Å². The molecule has 7 nitrogen and oxygen atoms in total. The van der Waals surface area contributed by atoms with E-state index in [4.69, 9.17) is 29.8 Å².